The first kappa shape index (κ1) is 16.2. The zero-order valence-electron chi connectivity index (χ0n) is 12.1. The molecule has 0 bridgehead atoms. The van der Waals surface area contributed by atoms with Gasteiger partial charge in [-0.1, -0.05) is 23.4 Å². The highest BCUT2D eigenvalue weighted by Crippen LogP contribution is 2.17. The van der Waals surface area contributed by atoms with Crippen LogP contribution in [0.4, 0.5) is 5.82 Å². The molecule has 0 saturated heterocycles. The molecule has 24 heavy (non-hydrogen) atoms. The summed E-state index contributed by atoms with van der Waals surface area (Å²) in [5.41, 5.74) is 1.44. The minimum absolute atomic E-state index is 0.138. The molecule has 0 aromatic carbocycles. The maximum atomic E-state index is 11.9. The summed E-state index contributed by atoms with van der Waals surface area (Å²) >= 11 is 6.91. The Kier molecular flexibility index (Phi) is 5.24. The summed E-state index contributed by atoms with van der Waals surface area (Å²) in [5, 5.41) is 3.29. The molecule has 0 radical (unpaired) electrons. The van der Waals surface area contributed by atoms with Crippen LogP contribution in [0.1, 0.15) is 0 Å². The van der Waals surface area contributed by atoms with Crippen molar-refractivity contribution >= 4 is 35.1 Å². The second-order valence-electron chi connectivity index (χ2n) is 4.41. The van der Waals surface area contributed by atoms with Gasteiger partial charge in [0.2, 0.25) is 5.91 Å². The Morgan fingerprint density at radius 1 is 1.04 bits per heavy atom. The van der Waals surface area contributed by atoms with Crippen molar-refractivity contribution in [2.24, 2.45) is 0 Å². The molecule has 120 valence electrons. The lowest BCUT2D eigenvalue weighted by molar-refractivity contribution is -0.113. The standard InChI is InChI=1S/C14H10ClN7OS/c15-11-6-17-7-12(21-11)22-13(23)8-24-14-19-3-9(4-20-14)10-5-16-1-2-18-10/h1-7H,8H2,(H,21,22,23). The predicted octanol–water partition coefficient (Wildman–Crippen LogP) is 2.11. The van der Waals surface area contributed by atoms with Gasteiger partial charge in [-0.2, -0.15) is 0 Å². The smallest absolute Gasteiger partial charge is 0.236 e. The van der Waals surface area contributed by atoms with Gasteiger partial charge in [-0.05, 0) is 0 Å². The molecular weight excluding hydrogens is 350 g/mol. The molecule has 1 amide bonds. The summed E-state index contributed by atoms with van der Waals surface area (Å²) in [6.07, 6.45) is 10.9. The summed E-state index contributed by atoms with van der Waals surface area (Å²) in [7, 11) is 0. The van der Waals surface area contributed by atoms with Gasteiger partial charge in [-0.3, -0.25) is 19.7 Å². The number of carbonyl (C=O) groups is 1. The normalized spacial score (nSPS) is 10.4. The van der Waals surface area contributed by atoms with Gasteiger partial charge in [0.1, 0.15) is 5.15 Å². The molecule has 0 aliphatic carbocycles. The topological polar surface area (TPSA) is 106 Å². The van der Waals surface area contributed by atoms with Gasteiger partial charge in [0.25, 0.3) is 0 Å². The molecule has 0 aliphatic rings. The first-order chi connectivity index (χ1) is 11.7. The van der Waals surface area contributed by atoms with Crippen molar-refractivity contribution in [3.05, 3.63) is 48.5 Å². The summed E-state index contributed by atoms with van der Waals surface area (Å²) in [5.74, 6) is 0.184. The van der Waals surface area contributed by atoms with Crippen molar-refractivity contribution in [3.63, 3.8) is 0 Å². The van der Waals surface area contributed by atoms with Gasteiger partial charge in [-0.15, -0.1) is 0 Å². The van der Waals surface area contributed by atoms with Crippen LogP contribution in [0.25, 0.3) is 11.3 Å². The van der Waals surface area contributed by atoms with Gasteiger partial charge in [0.15, 0.2) is 11.0 Å². The highest BCUT2D eigenvalue weighted by molar-refractivity contribution is 7.99. The maximum absolute atomic E-state index is 11.9. The Morgan fingerprint density at radius 3 is 2.58 bits per heavy atom. The van der Waals surface area contributed by atoms with E-state index in [1.54, 1.807) is 31.0 Å². The molecule has 8 nitrogen and oxygen atoms in total. The number of aromatic nitrogens is 6. The van der Waals surface area contributed by atoms with E-state index in [4.69, 9.17) is 11.6 Å². The van der Waals surface area contributed by atoms with Crippen LogP contribution in [0.3, 0.4) is 0 Å². The average Bonchev–Trinajstić information content (AvgIpc) is 2.61. The fourth-order valence-electron chi connectivity index (χ4n) is 1.68. The van der Waals surface area contributed by atoms with E-state index in [0.717, 1.165) is 5.56 Å². The van der Waals surface area contributed by atoms with E-state index in [1.165, 1.54) is 24.2 Å². The van der Waals surface area contributed by atoms with E-state index < -0.39 is 0 Å². The highest BCUT2D eigenvalue weighted by Gasteiger charge is 2.08. The molecule has 0 spiro atoms. The third kappa shape index (κ3) is 4.43. The molecule has 10 heteroatoms. The van der Waals surface area contributed by atoms with Gasteiger partial charge in [0, 0.05) is 30.4 Å². The second-order valence-corrected chi connectivity index (χ2v) is 5.74. The Hall–Kier alpha value is -2.65. The molecule has 3 heterocycles. The van der Waals surface area contributed by atoms with E-state index >= 15 is 0 Å². The quantitative estimate of drug-likeness (QED) is 0.545. The number of anilines is 1. The fraction of sp³-hybridized carbons (Fsp3) is 0.0714. The predicted molar refractivity (Wildman–Crippen MR) is 89.5 cm³/mol. The van der Waals surface area contributed by atoms with Gasteiger partial charge < -0.3 is 5.32 Å². The van der Waals surface area contributed by atoms with Crippen LogP contribution in [-0.4, -0.2) is 41.6 Å². The van der Waals surface area contributed by atoms with Gasteiger partial charge in [0.05, 0.1) is 30.0 Å². The zero-order valence-corrected chi connectivity index (χ0v) is 13.7. The van der Waals surface area contributed by atoms with Crippen LogP contribution < -0.4 is 5.32 Å². The van der Waals surface area contributed by atoms with Crippen LogP contribution >= 0.6 is 23.4 Å². The molecular formula is C14H10ClN7OS. The molecule has 3 aromatic rings. The molecule has 0 saturated carbocycles. The lowest BCUT2D eigenvalue weighted by atomic mass is 10.2. The number of amides is 1. The zero-order chi connectivity index (χ0) is 16.8. The van der Waals surface area contributed by atoms with Crippen molar-refractivity contribution in [2.45, 2.75) is 5.16 Å². The van der Waals surface area contributed by atoms with E-state index in [0.29, 0.717) is 16.7 Å². The number of nitrogens with zero attached hydrogens (tertiary/aromatic N) is 6. The molecule has 0 aliphatic heterocycles. The van der Waals surface area contributed by atoms with E-state index in [1.807, 2.05) is 0 Å². The molecule has 3 aromatic heterocycles. The monoisotopic (exact) mass is 359 g/mol. The van der Waals surface area contributed by atoms with Crippen LogP contribution in [0.5, 0.6) is 0 Å². The van der Waals surface area contributed by atoms with Gasteiger partial charge >= 0.3 is 0 Å². The number of thioether (sulfide) groups is 1. The van der Waals surface area contributed by atoms with Crippen LogP contribution in [-0.2, 0) is 4.79 Å². The summed E-state index contributed by atoms with van der Waals surface area (Å²) in [4.78, 5) is 36.2. The number of carbonyl (C=O) groups excluding carboxylic acids is 1. The number of rotatable bonds is 5. The molecule has 0 fully saturated rings. The largest absolute Gasteiger partial charge is 0.309 e. The summed E-state index contributed by atoms with van der Waals surface area (Å²) < 4.78 is 0. The van der Waals surface area contributed by atoms with Crippen molar-refractivity contribution < 1.29 is 4.79 Å². The number of nitrogens with one attached hydrogen (secondary N) is 1. The number of halogens is 1. The Morgan fingerprint density at radius 2 is 1.88 bits per heavy atom. The Labute approximate surface area is 146 Å². The molecule has 0 atom stereocenters. The van der Waals surface area contributed by atoms with Crippen LogP contribution in [0.15, 0.2) is 48.5 Å². The Bertz CT molecular complexity index is 832. The van der Waals surface area contributed by atoms with Gasteiger partial charge in [-0.25, -0.2) is 15.0 Å². The SMILES string of the molecule is O=C(CSc1ncc(-c2cnccn2)cn1)Nc1cncc(Cl)n1. The second kappa shape index (κ2) is 7.75. The van der Waals surface area contributed by atoms with E-state index in [-0.39, 0.29) is 16.8 Å². The average molecular weight is 360 g/mol. The lowest BCUT2D eigenvalue weighted by Crippen LogP contribution is -2.15. The summed E-state index contributed by atoms with van der Waals surface area (Å²) in [6, 6.07) is 0. The summed E-state index contributed by atoms with van der Waals surface area (Å²) in [6.45, 7) is 0. The highest BCUT2D eigenvalue weighted by atomic mass is 35.5. The minimum atomic E-state index is -0.252. The third-order valence-corrected chi connectivity index (χ3v) is 3.75. The van der Waals surface area contributed by atoms with E-state index in [2.05, 4.69) is 35.2 Å². The molecule has 3 rings (SSSR count). The molecule has 1 N–H and O–H groups in total. The maximum Gasteiger partial charge on any atom is 0.236 e. The fourth-order valence-corrected chi connectivity index (χ4v) is 2.42. The Balaban J connectivity index is 1.56. The first-order valence-electron chi connectivity index (χ1n) is 6.69. The van der Waals surface area contributed by atoms with Crippen LogP contribution in [0, 0.1) is 0 Å². The lowest BCUT2D eigenvalue weighted by Gasteiger charge is -2.04. The van der Waals surface area contributed by atoms with Crippen molar-refractivity contribution in [1.82, 2.24) is 29.9 Å². The van der Waals surface area contributed by atoms with Crippen molar-refractivity contribution in [1.29, 1.82) is 0 Å². The third-order valence-electron chi connectivity index (χ3n) is 2.69. The molecule has 0 unspecified atom stereocenters. The number of hydrogen-bond donors (Lipinski definition) is 1. The van der Waals surface area contributed by atoms with Crippen LogP contribution in [0.2, 0.25) is 5.15 Å². The minimum Gasteiger partial charge on any atom is -0.309 e. The van der Waals surface area contributed by atoms with Crippen molar-refractivity contribution in [3.8, 4) is 11.3 Å². The van der Waals surface area contributed by atoms with E-state index in [9.17, 15) is 4.79 Å². The first-order valence-corrected chi connectivity index (χ1v) is 8.06. The number of hydrogen-bond acceptors (Lipinski definition) is 8. The van der Waals surface area contributed by atoms with Crippen molar-refractivity contribution in [2.75, 3.05) is 11.1 Å².